The zero-order chi connectivity index (χ0) is 43.0. The third-order valence-electron chi connectivity index (χ3n) is 12.8. The second-order valence-corrected chi connectivity index (χ2v) is 18.6. The number of hydrogen-bond donors (Lipinski definition) is 0. The van der Waals surface area contributed by atoms with Gasteiger partial charge in [0.05, 0.1) is 32.5 Å². The minimum Gasteiger partial charge on any atom is -0.337 e. The fraction of sp³-hybridized carbons (Fsp3) is 0.0169. The lowest BCUT2D eigenvalue weighted by Gasteiger charge is -2.11. The van der Waals surface area contributed by atoms with E-state index in [1.165, 1.54) is 74.3 Å². The maximum atomic E-state index is 5.65. The van der Waals surface area contributed by atoms with Crippen LogP contribution in [0.2, 0.25) is 0 Å². The van der Waals surface area contributed by atoms with Crippen molar-refractivity contribution >= 4 is 107 Å². The monoisotopic (exact) mass is 866 g/mol. The molecule has 5 aromatic heterocycles. The van der Waals surface area contributed by atoms with Gasteiger partial charge >= 0.3 is 0 Å². The van der Waals surface area contributed by atoms with Crippen molar-refractivity contribution in [3.8, 4) is 38.8 Å². The highest BCUT2D eigenvalue weighted by molar-refractivity contribution is 7.25. The number of aromatic nitrogens is 4. The molecule has 0 saturated heterocycles. The van der Waals surface area contributed by atoms with Crippen LogP contribution in [0.3, 0.4) is 0 Å². The fourth-order valence-corrected chi connectivity index (χ4v) is 12.1. The molecule has 0 aliphatic heterocycles. The largest absolute Gasteiger partial charge is 0.337 e. The molecule has 0 N–H and O–H groups in total. The average Bonchev–Trinajstić information content (AvgIpc) is 4.13. The fourth-order valence-electron chi connectivity index (χ4n) is 9.91. The van der Waals surface area contributed by atoms with Crippen LogP contribution in [0.15, 0.2) is 213 Å². The van der Waals surface area contributed by atoms with Gasteiger partial charge in [0.2, 0.25) is 5.95 Å². The molecule has 0 spiro atoms. The van der Waals surface area contributed by atoms with Crippen molar-refractivity contribution < 1.29 is 0 Å². The Kier molecular flexibility index (Phi) is 8.76. The van der Waals surface area contributed by atoms with Crippen LogP contribution >= 0.6 is 22.7 Å². The zero-order valence-corrected chi connectivity index (χ0v) is 36.8. The zero-order valence-electron chi connectivity index (χ0n) is 35.1. The normalized spacial score (nSPS) is 12.3. The van der Waals surface area contributed by atoms with Gasteiger partial charge in [0.15, 0.2) is 0 Å². The molecule has 0 aliphatic carbocycles. The summed E-state index contributed by atoms with van der Waals surface area (Å²) in [7, 11) is 0. The predicted molar refractivity (Wildman–Crippen MR) is 280 cm³/mol. The first-order chi connectivity index (χ1) is 32.2. The van der Waals surface area contributed by atoms with E-state index in [1.54, 1.807) is 17.4 Å². The van der Waals surface area contributed by atoms with Crippen molar-refractivity contribution in [2.75, 3.05) is 0 Å². The Morgan fingerprint density at radius 1 is 0.508 bits per heavy atom. The van der Waals surface area contributed by atoms with Gasteiger partial charge in [-0.25, -0.2) is 9.97 Å². The molecule has 0 atom stereocenters. The van der Waals surface area contributed by atoms with E-state index in [0.29, 0.717) is 5.95 Å². The average molecular weight is 867 g/mol. The summed E-state index contributed by atoms with van der Waals surface area (Å²) in [6.45, 7) is 4.57. The lowest BCUT2D eigenvalue weighted by molar-refractivity contribution is 0.899. The van der Waals surface area contributed by atoms with E-state index in [4.69, 9.17) is 9.97 Å². The van der Waals surface area contributed by atoms with Gasteiger partial charge in [-0.3, -0.25) is 4.57 Å². The molecule has 6 heteroatoms. The molecule has 0 saturated carbocycles. The molecule has 4 nitrogen and oxygen atoms in total. The molecule has 0 unspecified atom stereocenters. The van der Waals surface area contributed by atoms with Crippen LogP contribution in [0.5, 0.6) is 0 Å². The van der Waals surface area contributed by atoms with Gasteiger partial charge in [-0.2, -0.15) is 0 Å². The topological polar surface area (TPSA) is 35.6 Å². The molecule has 13 rings (SSSR count). The summed E-state index contributed by atoms with van der Waals surface area (Å²) < 4.78 is 8.38. The Morgan fingerprint density at radius 3 is 2.18 bits per heavy atom. The van der Waals surface area contributed by atoms with Gasteiger partial charge in [0, 0.05) is 69.6 Å². The minimum atomic E-state index is 0.658. The number of rotatable bonds is 8. The van der Waals surface area contributed by atoms with Gasteiger partial charge in [-0.1, -0.05) is 164 Å². The van der Waals surface area contributed by atoms with Crippen molar-refractivity contribution in [1.82, 2.24) is 19.1 Å². The predicted octanol–water partition coefficient (Wildman–Crippen LogP) is 16.7. The summed E-state index contributed by atoms with van der Waals surface area (Å²) in [6.07, 6.45) is 10.1. The Balaban J connectivity index is 1.06. The molecule has 65 heavy (non-hydrogen) atoms. The van der Waals surface area contributed by atoms with Crippen molar-refractivity contribution in [3.63, 3.8) is 0 Å². The number of fused-ring (bicyclic) bond motifs is 12. The van der Waals surface area contributed by atoms with Crippen molar-refractivity contribution in [2.45, 2.75) is 6.54 Å². The first-order valence-corrected chi connectivity index (χ1v) is 23.5. The molecule has 0 bridgehead atoms. The maximum Gasteiger partial charge on any atom is 0.235 e. The molecule has 13 aromatic rings. The van der Waals surface area contributed by atoms with Crippen molar-refractivity contribution in [1.29, 1.82) is 0 Å². The van der Waals surface area contributed by atoms with E-state index in [0.717, 1.165) is 49.8 Å². The van der Waals surface area contributed by atoms with Crippen LogP contribution in [-0.4, -0.2) is 19.1 Å². The molecule has 8 aromatic carbocycles. The van der Waals surface area contributed by atoms with Crippen LogP contribution in [0.25, 0.3) is 124 Å². The molecule has 5 heterocycles. The summed E-state index contributed by atoms with van der Waals surface area (Å²) in [5.41, 5.74) is 11.1. The number of thiophene rings is 2. The Morgan fingerprint density at radius 2 is 1.28 bits per heavy atom. The quantitative estimate of drug-likeness (QED) is 0.143. The van der Waals surface area contributed by atoms with Gasteiger partial charge in [0.25, 0.3) is 0 Å². The SMILES string of the molecule is C=C/C=C\C=C/Cn1c2ccccc2c2c(-c3ccc4c(c3)c3ccc5ccccc5c3n4-c3nc(-c4ccc5sc6ccccc6c5c4)c4sc(-c5ccccc5)cc4n3)cccc21. The lowest BCUT2D eigenvalue weighted by atomic mass is 9.97. The Bertz CT molecular complexity index is 4120. The third kappa shape index (κ3) is 6.02. The summed E-state index contributed by atoms with van der Waals surface area (Å²) in [4.78, 5) is 12.3. The summed E-state index contributed by atoms with van der Waals surface area (Å²) in [5, 5.41) is 9.69. The molecule has 0 aliphatic rings. The van der Waals surface area contributed by atoms with Crippen molar-refractivity contribution in [3.05, 3.63) is 213 Å². The first kappa shape index (κ1) is 37.6. The van der Waals surface area contributed by atoms with Crippen LogP contribution in [0.4, 0.5) is 0 Å². The van der Waals surface area contributed by atoms with E-state index < -0.39 is 0 Å². The number of para-hydroxylation sites is 1. The summed E-state index contributed by atoms with van der Waals surface area (Å²) in [6, 6.07) is 64.1. The Hall–Kier alpha value is -7.90. The van der Waals surface area contributed by atoms with Gasteiger partial charge in [-0.15, -0.1) is 22.7 Å². The smallest absolute Gasteiger partial charge is 0.235 e. The number of benzene rings is 8. The molecule has 0 radical (unpaired) electrons. The molecule has 0 amide bonds. The van der Waals surface area contributed by atoms with Gasteiger partial charge in [0.1, 0.15) is 0 Å². The highest BCUT2D eigenvalue weighted by Crippen LogP contribution is 2.44. The third-order valence-corrected chi connectivity index (χ3v) is 15.1. The second kappa shape index (κ2) is 15.1. The highest BCUT2D eigenvalue weighted by atomic mass is 32.1. The van der Waals surface area contributed by atoms with Crippen LogP contribution in [0, 0.1) is 0 Å². The minimum absolute atomic E-state index is 0.658. The number of hydrogen-bond acceptors (Lipinski definition) is 4. The molecule has 306 valence electrons. The second-order valence-electron chi connectivity index (χ2n) is 16.5. The molecule has 0 fully saturated rings. The number of allylic oxidation sites excluding steroid dienone is 5. The van der Waals surface area contributed by atoms with E-state index >= 15 is 0 Å². The van der Waals surface area contributed by atoms with Crippen LogP contribution in [0.1, 0.15) is 0 Å². The highest BCUT2D eigenvalue weighted by Gasteiger charge is 2.23. The summed E-state index contributed by atoms with van der Waals surface area (Å²) in [5.74, 6) is 0.658. The Labute approximate surface area is 382 Å². The van der Waals surface area contributed by atoms with Crippen LogP contribution < -0.4 is 0 Å². The summed E-state index contributed by atoms with van der Waals surface area (Å²) >= 11 is 3.60. The lowest BCUT2D eigenvalue weighted by Crippen LogP contribution is -2.03. The first-order valence-electron chi connectivity index (χ1n) is 21.9. The van der Waals surface area contributed by atoms with E-state index in [-0.39, 0.29) is 0 Å². The van der Waals surface area contributed by atoms with Crippen molar-refractivity contribution in [2.24, 2.45) is 0 Å². The van der Waals surface area contributed by atoms with Gasteiger partial charge < -0.3 is 4.57 Å². The van der Waals surface area contributed by atoms with Crippen LogP contribution in [-0.2, 0) is 6.54 Å². The molecular weight excluding hydrogens is 829 g/mol. The van der Waals surface area contributed by atoms with Gasteiger partial charge in [-0.05, 0) is 70.6 Å². The van der Waals surface area contributed by atoms with E-state index in [9.17, 15) is 0 Å². The standard InChI is InChI=1S/C59H38N4S2/c1-2-3-4-5-15-33-62-49-24-13-11-22-45(49)55-41(23-16-25-51(55)62)39-28-31-50-46(34-39)44-30-27-37-17-9-10-20-42(37)57(44)63(50)59-60-48-36-54(38-18-7-6-8-19-38)65-58(48)56(61-59)40-29-32-53-47(35-40)43-21-12-14-26-52(43)64-53/h2-32,34-36H,1,33H2/b4-3-,15-5-. The number of nitrogens with zero attached hydrogens (tertiary/aromatic N) is 4. The maximum absolute atomic E-state index is 5.65. The van der Waals surface area contributed by atoms with E-state index in [1.807, 2.05) is 23.5 Å². The van der Waals surface area contributed by atoms with E-state index in [2.05, 4.69) is 204 Å². The molecular formula is C59H38N4S2.